The third kappa shape index (κ3) is 4.93. The lowest BCUT2D eigenvalue weighted by molar-refractivity contribution is -0.117. The summed E-state index contributed by atoms with van der Waals surface area (Å²) in [4.78, 5) is 20.4. The van der Waals surface area contributed by atoms with Crippen LogP contribution >= 0.6 is 0 Å². The van der Waals surface area contributed by atoms with Gasteiger partial charge in [-0.1, -0.05) is 42.5 Å². The molecular formula is C23H25N5O2. The third-order valence-electron chi connectivity index (χ3n) is 5.04. The minimum absolute atomic E-state index is 0.0746. The maximum Gasteiger partial charge on any atom is 0.227 e. The second kappa shape index (κ2) is 8.92. The molecule has 0 bridgehead atoms. The number of nitrogen functional groups attached to an aromatic ring is 2. The maximum atomic E-state index is 11.9. The first-order valence-electron chi connectivity index (χ1n) is 10.0. The molecular weight excluding hydrogens is 378 g/mol. The number of ether oxygens (including phenoxy) is 1. The highest BCUT2D eigenvalue weighted by Gasteiger charge is 2.29. The quantitative estimate of drug-likeness (QED) is 0.496. The standard InChI is InChI=1S/C23H25N5O2/c24-21-20(16-8-10-18(11-9-16)26-22(29)17-6-7-17)19(27-23(25)28-21)14-30-13-12-15-4-2-1-3-5-15/h1-5,8-11,17H,6-7,12-14H2,(H,26,29)(H4,24,25,27,28). The van der Waals surface area contributed by atoms with Crippen molar-refractivity contribution in [1.29, 1.82) is 0 Å². The molecule has 2 aromatic carbocycles. The van der Waals surface area contributed by atoms with Gasteiger partial charge in [0.25, 0.3) is 0 Å². The monoisotopic (exact) mass is 403 g/mol. The first kappa shape index (κ1) is 19.8. The van der Waals surface area contributed by atoms with E-state index < -0.39 is 0 Å². The number of amides is 1. The van der Waals surface area contributed by atoms with Crippen LogP contribution in [0.15, 0.2) is 54.6 Å². The van der Waals surface area contributed by atoms with Crippen molar-refractivity contribution in [1.82, 2.24) is 9.97 Å². The second-order valence-corrected chi connectivity index (χ2v) is 7.42. The van der Waals surface area contributed by atoms with Crippen molar-refractivity contribution in [3.05, 3.63) is 65.9 Å². The Bertz CT molecular complexity index is 1020. The molecule has 1 saturated carbocycles. The molecule has 1 amide bonds. The van der Waals surface area contributed by atoms with Crippen LogP contribution in [-0.2, 0) is 22.6 Å². The lowest BCUT2D eigenvalue weighted by Crippen LogP contribution is -2.13. The van der Waals surface area contributed by atoms with E-state index in [1.54, 1.807) is 0 Å². The van der Waals surface area contributed by atoms with Crippen LogP contribution < -0.4 is 16.8 Å². The first-order chi connectivity index (χ1) is 14.6. The Kier molecular flexibility index (Phi) is 5.90. The van der Waals surface area contributed by atoms with Gasteiger partial charge in [-0.3, -0.25) is 4.79 Å². The van der Waals surface area contributed by atoms with Crippen LogP contribution in [0.25, 0.3) is 11.1 Å². The third-order valence-corrected chi connectivity index (χ3v) is 5.04. The average Bonchev–Trinajstić information content (AvgIpc) is 3.58. The predicted molar refractivity (Wildman–Crippen MR) is 117 cm³/mol. The molecule has 7 heteroatoms. The normalized spacial score (nSPS) is 13.2. The smallest absolute Gasteiger partial charge is 0.227 e. The summed E-state index contributed by atoms with van der Waals surface area (Å²) in [6, 6.07) is 17.6. The Morgan fingerprint density at radius 2 is 1.77 bits per heavy atom. The minimum atomic E-state index is 0.0746. The zero-order chi connectivity index (χ0) is 20.9. The number of hydrogen-bond acceptors (Lipinski definition) is 6. The number of nitrogens with two attached hydrogens (primary N) is 2. The summed E-state index contributed by atoms with van der Waals surface area (Å²) >= 11 is 0. The van der Waals surface area contributed by atoms with Gasteiger partial charge in [0.2, 0.25) is 11.9 Å². The number of nitrogens with zero attached hydrogens (tertiary/aromatic N) is 2. The molecule has 0 aliphatic heterocycles. The number of rotatable bonds is 8. The number of aromatic nitrogens is 2. The van der Waals surface area contributed by atoms with Crippen LogP contribution in [0.1, 0.15) is 24.1 Å². The van der Waals surface area contributed by atoms with Gasteiger partial charge >= 0.3 is 0 Å². The number of carbonyl (C=O) groups is 1. The van der Waals surface area contributed by atoms with Crippen molar-refractivity contribution in [2.45, 2.75) is 25.9 Å². The van der Waals surface area contributed by atoms with E-state index in [1.807, 2.05) is 42.5 Å². The van der Waals surface area contributed by atoms with Gasteiger partial charge in [-0.25, -0.2) is 4.98 Å². The van der Waals surface area contributed by atoms with Crippen LogP contribution in [0.3, 0.4) is 0 Å². The molecule has 0 saturated heterocycles. The molecule has 0 unspecified atom stereocenters. The van der Waals surface area contributed by atoms with Gasteiger partial charge in [0, 0.05) is 17.2 Å². The average molecular weight is 403 g/mol. The Labute approximate surface area is 175 Å². The van der Waals surface area contributed by atoms with Crippen LogP contribution in [0, 0.1) is 5.92 Å². The van der Waals surface area contributed by atoms with E-state index in [9.17, 15) is 4.79 Å². The molecule has 4 rings (SSSR count). The van der Waals surface area contributed by atoms with E-state index in [-0.39, 0.29) is 24.4 Å². The van der Waals surface area contributed by atoms with Crippen LogP contribution in [-0.4, -0.2) is 22.5 Å². The zero-order valence-electron chi connectivity index (χ0n) is 16.7. The summed E-state index contributed by atoms with van der Waals surface area (Å²) in [7, 11) is 0. The Morgan fingerprint density at radius 3 is 2.47 bits per heavy atom. The molecule has 1 aliphatic carbocycles. The van der Waals surface area contributed by atoms with Crippen molar-refractivity contribution in [3.8, 4) is 11.1 Å². The van der Waals surface area contributed by atoms with Gasteiger partial charge < -0.3 is 21.5 Å². The van der Waals surface area contributed by atoms with E-state index in [2.05, 4.69) is 27.4 Å². The van der Waals surface area contributed by atoms with Gasteiger partial charge in [0.1, 0.15) is 5.82 Å². The Morgan fingerprint density at radius 1 is 1.03 bits per heavy atom. The van der Waals surface area contributed by atoms with Crippen molar-refractivity contribution < 1.29 is 9.53 Å². The summed E-state index contributed by atoms with van der Waals surface area (Å²) in [5.41, 5.74) is 16.1. The van der Waals surface area contributed by atoms with E-state index in [0.29, 0.717) is 23.7 Å². The molecule has 1 aliphatic rings. The van der Waals surface area contributed by atoms with Gasteiger partial charge in [-0.15, -0.1) is 0 Å². The fourth-order valence-electron chi connectivity index (χ4n) is 3.28. The molecule has 0 spiro atoms. The number of anilines is 3. The van der Waals surface area contributed by atoms with E-state index in [4.69, 9.17) is 16.2 Å². The van der Waals surface area contributed by atoms with Gasteiger partial charge in [-0.2, -0.15) is 4.98 Å². The fraction of sp³-hybridized carbons (Fsp3) is 0.261. The first-order valence-corrected chi connectivity index (χ1v) is 10.0. The highest BCUT2D eigenvalue weighted by molar-refractivity contribution is 5.94. The number of nitrogens with one attached hydrogen (secondary N) is 1. The van der Waals surface area contributed by atoms with Crippen LogP contribution in [0.4, 0.5) is 17.5 Å². The topological polar surface area (TPSA) is 116 Å². The van der Waals surface area contributed by atoms with Crippen molar-refractivity contribution >= 4 is 23.4 Å². The lowest BCUT2D eigenvalue weighted by Gasteiger charge is -2.13. The molecule has 1 fully saturated rings. The van der Waals surface area contributed by atoms with E-state index in [0.717, 1.165) is 30.5 Å². The molecule has 0 atom stereocenters. The van der Waals surface area contributed by atoms with E-state index in [1.165, 1.54) is 5.56 Å². The molecule has 7 nitrogen and oxygen atoms in total. The molecule has 30 heavy (non-hydrogen) atoms. The van der Waals surface area contributed by atoms with Crippen LogP contribution in [0.2, 0.25) is 0 Å². The lowest BCUT2D eigenvalue weighted by atomic mass is 10.0. The predicted octanol–water partition coefficient (Wildman–Crippen LogP) is 3.42. The zero-order valence-corrected chi connectivity index (χ0v) is 16.7. The van der Waals surface area contributed by atoms with Gasteiger partial charge in [0.05, 0.1) is 18.9 Å². The van der Waals surface area contributed by atoms with Gasteiger partial charge in [0.15, 0.2) is 0 Å². The summed E-state index contributed by atoms with van der Waals surface area (Å²) in [5, 5.41) is 2.93. The summed E-state index contributed by atoms with van der Waals surface area (Å²) in [6.07, 6.45) is 2.75. The number of hydrogen-bond donors (Lipinski definition) is 3. The molecule has 3 aromatic rings. The number of carbonyl (C=O) groups excluding carboxylic acids is 1. The summed E-state index contributed by atoms with van der Waals surface area (Å²) in [5.74, 6) is 0.654. The Balaban J connectivity index is 1.46. The highest BCUT2D eigenvalue weighted by Crippen LogP contribution is 2.32. The number of benzene rings is 2. The van der Waals surface area contributed by atoms with Crippen molar-refractivity contribution in [2.75, 3.05) is 23.4 Å². The Hall–Kier alpha value is -3.45. The van der Waals surface area contributed by atoms with Crippen molar-refractivity contribution in [3.63, 3.8) is 0 Å². The molecule has 5 N–H and O–H groups in total. The molecule has 154 valence electrons. The summed E-state index contributed by atoms with van der Waals surface area (Å²) in [6.45, 7) is 0.832. The SMILES string of the molecule is Nc1nc(N)c(-c2ccc(NC(=O)C3CC3)cc2)c(COCCc2ccccc2)n1. The summed E-state index contributed by atoms with van der Waals surface area (Å²) < 4.78 is 5.85. The van der Waals surface area contributed by atoms with Crippen molar-refractivity contribution in [2.24, 2.45) is 5.92 Å². The maximum absolute atomic E-state index is 11.9. The largest absolute Gasteiger partial charge is 0.383 e. The molecule has 0 radical (unpaired) electrons. The minimum Gasteiger partial charge on any atom is -0.383 e. The molecule has 1 heterocycles. The second-order valence-electron chi connectivity index (χ2n) is 7.42. The van der Waals surface area contributed by atoms with E-state index >= 15 is 0 Å². The van der Waals surface area contributed by atoms with Crippen LogP contribution in [0.5, 0.6) is 0 Å². The molecule has 1 aromatic heterocycles. The van der Waals surface area contributed by atoms with Gasteiger partial charge in [-0.05, 0) is 42.5 Å². The highest BCUT2D eigenvalue weighted by atomic mass is 16.5. The fourth-order valence-corrected chi connectivity index (χ4v) is 3.28.